The molecular weight excluding hydrogens is 235 g/mol. The molecule has 17 heavy (non-hydrogen) atoms. The lowest BCUT2D eigenvalue weighted by molar-refractivity contribution is -0.200. The van der Waals surface area contributed by atoms with Gasteiger partial charge in [-0.1, -0.05) is 0 Å². The summed E-state index contributed by atoms with van der Waals surface area (Å²) in [5.41, 5.74) is -1.23. The van der Waals surface area contributed by atoms with Crippen LogP contribution in [0, 0.1) is 5.92 Å². The normalized spacial score (nSPS) is 30.5. The van der Waals surface area contributed by atoms with Crippen molar-refractivity contribution in [3.05, 3.63) is 0 Å². The van der Waals surface area contributed by atoms with Gasteiger partial charge >= 0.3 is 6.18 Å². The van der Waals surface area contributed by atoms with Gasteiger partial charge in [0, 0.05) is 20.2 Å². The molecule has 0 spiro atoms. The van der Waals surface area contributed by atoms with E-state index in [1.54, 1.807) is 7.11 Å². The number of aliphatic hydroxyl groups is 1. The number of ether oxygens (including phenoxy) is 1. The molecule has 0 aromatic carbocycles. The maximum Gasteiger partial charge on any atom is 0.391 e. The minimum absolute atomic E-state index is 0.129. The van der Waals surface area contributed by atoms with Crippen LogP contribution in [0.1, 0.15) is 25.7 Å². The van der Waals surface area contributed by atoms with Crippen LogP contribution in [0.15, 0.2) is 0 Å². The van der Waals surface area contributed by atoms with E-state index in [0.29, 0.717) is 26.0 Å². The number of methoxy groups -OCH3 is 1. The van der Waals surface area contributed by atoms with Crippen molar-refractivity contribution < 1.29 is 23.0 Å². The van der Waals surface area contributed by atoms with E-state index < -0.39 is 17.7 Å². The number of nitrogens with one attached hydrogen (secondary N) is 1. The predicted octanol–water partition coefficient (Wildman–Crippen LogP) is 1.71. The molecule has 0 aromatic rings. The second-order valence-corrected chi connectivity index (χ2v) is 4.73. The second kappa shape index (κ2) is 6.02. The van der Waals surface area contributed by atoms with Gasteiger partial charge in [-0.15, -0.1) is 0 Å². The number of hydrogen-bond donors (Lipinski definition) is 2. The van der Waals surface area contributed by atoms with Gasteiger partial charge in [-0.05, 0) is 25.7 Å². The van der Waals surface area contributed by atoms with Crippen molar-refractivity contribution in [2.24, 2.45) is 5.92 Å². The summed E-state index contributed by atoms with van der Waals surface area (Å²) in [5, 5.41) is 13.0. The zero-order valence-corrected chi connectivity index (χ0v) is 10.0. The average molecular weight is 255 g/mol. The summed E-state index contributed by atoms with van der Waals surface area (Å²) >= 11 is 0. The highest BCUT2D eigenvalue weighted by molar-refractivity contribution is 4.90. The molecule has 1 fully saturated rings. The number of alkyl halides is 3. The van der Waals surface area contributed by atoms with Gasteiger partial charge < -0.3 is 15.2 Å². The van der Waals surface area contributed by atoms with E-state index in [4.69, 9.17) is 4.74 Å². The molecule has 0 aliphatic heterocycles. The maximum absolute atomic E-state index is 12.6. The van der Waals surface area contributed by atoms with Crippen molar-refractivity contribution in [1.82, 2.24) is 5.32 Å². The third kappa shape index (κ3) is 4.81. The number of rotatable bonds is 5. The van der Waals surface area contributed by atoms with Crippen LogP contribution in [-0.2, 0) is 4.74 Å². The van der Waals surface area contributed by atoms with E-state index in [1.807, 2.05) is 0 Å². The minimum Gasteiger partial charge on any atom is -0.389 e. The van der Waals surface area contributed by atoms with Gasteiger partial charge in [0.25, 0.3) is 0 Å². The molecule has 1 aliphatic carbocycles. The molecule has 2 atom stereocenters. The first-order valence-electron chi connectivity index (χ1n) is 5.86. The molecule has 3 nitrogen and oxygen atoms in total. The molecule has 102 valence electrons. The third-order valence-corrected chi connectivity index (χ3v) is 3.22. The molecule has 1 aliphatic rings. The number of hydrogen-bond acceptors (Lipinski definition) is 3. The van der Waals surface area contributed by atoms with Crippen molar-refractivity contribution in [3.63, 3.8) is 0 Å². The Hall–Kier alpha value is -0.330. The summed E-state index contributed by atoms with van der Waals surface area (Å²) in [6, 6.07) is 0. The smallest absolute Gasteiger partial charge is 0.389 e. The lowest BCUT2D eigenvalue weighted by atomic mass is 9.77. The molecule has 6 heteroatoms. The molecular formula is C11H20F3NO2. The molecule has 0 heterocycles. The standard InChI is InChI=1S/C11H20F3NO2/c1-17-6-5-15-8-10(16)4-2-3-9(7-10)11(12,13)14/h9,15-16H,2-8H2,1H3. The number of halogens is 3. The highest BCUT2D eigenvalue weighted by Gasteiger charge is 2.46. The minimum atomic E-state index is -4.19. The fraction of sp³-hybridized carbons (Fsp3) is 1.00. The molecule has 2 unspecified atom stereocenters. The quantitative estimate of drug-likeness (QED) is 0.735. The molecule has 0 amide bonds. The molecule has 0 saturated heterocycles. The fourth-order valence-electron chi connectivity index (χ4n) is 2.28. The average Bonchev–Trinajstić information content (AvgIpc) is 2.23. The van der Waals surface area contributed by atoms with Gasteiger partial charge in [-0.2, -0.15) is 13.2 Å². The van der Waals surface area contributed by atoms with Crippen LogP contribution in [0.4, 0.5) is 13.2 Å². The Morgan fingerprint density at radius 1 is 1.47 bits per heavy atom. The Morgan fingerprint density at radius 2 is 2.18 bits per heavy atom. The van der Waals surface area contributed by atoms with Crippen LogP contribution in [0.5, 0.6) is 0 Å². The van der Waals surface area contributed by atoms with Gasteiger partial charge in [0.2, 0.25) is 0 Å². The van der Waals surface area contributed by atoms with Gasteiger partial charge in [-0.3, -0.25) is 0 Å². The largest absolute Gasteiger partial charge is 0.391 e. The first-order valence-corrected chi connectivity index (χ1v) is 5.86. The Balaban J connectivity index is 2.40. The van der Waals surface area contributed by atoms with Crippen molar-refractivity contribution in [1.29, 1.82) is 0 Å². The van der Waals surface area contributed by atoms with E-state index in [0.717, 1.165) is 0 Å². The lowest BCUT2D eigenvalue weighted by Gasteiger charge is -2.37. The highest BCUT2D eigenvalue weighted by Crippen LogP contribution is 2.41. The molecule has 1 rings (SSSR count). The van der Waals surface area contributed by atoms with Crippen LogP contribution in [-0.4, -0.2) is 43.7 Å². The van der Waals surface area contributed by atoms with Crippen molar-refractivity contribution >= 4 is 0 Å². The van der Waals surface area contributed by atoms with Crippen LogP contribution >= 0.6 is 0 Å². The zero-order valence-electron chi connectivity index (χ0n) is 10.0. The SMILES string of the molecule is COCCNCC1(O)CCCC(C(F)(F)F)C1. The first kappa shape index (κ1) is 14.7. The van der Waals surface area contributed by atoms with Crippen molar-refractivity contribution in [2.75, 3.05) is 26.8 Å². The van der Waals surface area contributed by atoms with Crippen LogP contribution in [0.2, 0.25) is 0 Å². The summed E-state index contributed by atoms with van der Waals surface area (Å²) in [6.07, 6.45) is -3.41. The zero-order chi connectivity index (χ0) is 12.9. The van der Waals surface area contributed by atoms with E-state index in [1.165, 1.54) is 0 Å². The summed E-state index contributed by atoms with van der Waals surface area (Å²) in [7, 11) is 1.55. The lowest BCUT2D eigenvalue weighted by Crippen LogP contribution is -2.47. The predicted molar refractivity (Wildman–Crippen MR) is 57.7 cm³/mol. The first-order chi connectivity index (χ1) is 7.87. The van der Waals surface area contributed by atoms with Crippen LogP contribution in [0.25, 0.3) is 0 Å². The van der Waals surface area contributed by atoms with E-state index >= 15 is 0 Å². The Morgan fingerprint density at radius 3 is 2.76 bits per heavy atom. The topological polar surface area (TPSA) is 41.5 Å². The molecule has 0 aromatic heterocycles. The van der Waals surface area contributed by atoms with Gasteiger partial charge in [0.1, 0.15) is 0 Å². The monoisotopic (exact) mass is 255 g/mol. The fourth-order valence-corrected chi connectivity index (χ4v) is 2.28. The van der Waals surface area contributed by atoms with E-state index in [9.17, 15) is 18.3 Å². The molecule has 0 bridgehead atoms. The van der Waals surface area contributed by atoms with Gasteiger partial charge in [0.05, 0.1) is 18.1 Å². The van der Waals surface area contributed by atoms with E-state index in [2.05, 4.69) is 5.32 Å². The summed E-state index contributed by atoms with van der Waals surface area (Å²) in [6.45, 7) is 1.22. The van der Waals surface area contributed by atoms with Gasteiger partial charge in [0.15, 0.2) is 0 Å². The van der Waals surface area contributed by atoms with E-state index in [-0.39, 0.29) is 19.4 Å². The summed E-state index contributed by atoms with van der Waals surface area (Å²) < 4.78 is 42.5. The molecule has 2 N–H and O–H groups in total. The highest BCUT2D eigenvalue weighted by atomic mass is 19.4. The summed E-state index contributed by atoms with van der Waals surface area (Å²) in [5.74, 6) is -1.37. The Kier molecular flexibility index (Phi) is 5.22. The Bertz CT molecular complexity index is 235. The molecule has 1 saturated carbocycles. The summed E-state index contributed by atoms with van der Waals surface area (Å²) in [4.78, 5) is 0. The Labute approximate surface area is 99.3 Å². The molecule has 0 radical (unpaired) electrons. The third-order valence-electron chi connectivity index (χ3n) is 3.22. The van der Waals surface area contributed by atoms with Crippen molar-refractivity contribution in [2.45, 2.75) is 37.5 Å². The van der Waals surface area contributed by atoms with Crippen LogP contribution in [0.3, 0.4) is 0 Å². The maximum atomic E-state index is 12.6. The second-order valence-electron chi connectivity index (χ2n) is 4.73. The van der Waals surface area contributed by atoms with Crippen molar-refractivity contribution in [3.8, 4) is 0 Å². The van der Waals surface area contributed by atoms with Crippen LogP contribution < -0.4 is 5.32 Å². The van der Waals surface area contributed by atoms with Gasteiger partial charge in [-0.25, -0.2) is 0 Å².